The summed E-state index contributed by atoms with van der Waals surface area (Å²) in [6, 6.07) is 4.21. The zero-order chi connectivity index (χ0) is 15.1. The molecule has 110 valence electrons. The van der Waals surface area contributed by atoms with Gasteiger partial charge in [0, 0.05) is 5.69 Å². The number of amides is 1. The molecule has 0 saturated carbocycles. The highest BCUT2D eigenvalue weighted by atomic mass is 16.5. The molecular weight excluding hydrogens is 260 g/mol. The standard InChI is InChI=1S/C14H20N2O4/c1-4-19-11-8-6-7-10(15)12(11)13(17)16-9(3)14(18)20-5-2/h6-9H,4-5,15H2,1-3H3,(H,16,17). The maximum absolute atomic E-state index is 12.2. The van der Waals surface area contributed by atoms with Crippen molar-refractivity contribution in [1.82, 2.24) is 5.32 Å². The van der Waals surface area contributed by atoms with Gasteiger partial charge in [-0.1, -0.05) is 6.07 Å². The summed E-state index contributed by atoms with van der Waals surface area (Å²) < 4.78 is 10.2. The number of nitrogen functional groups attached to an aromatic ring is 1. The summed E-state index contributed by atoms with van der Waals surface area (Å²) >= 11 is 0. The van der Waals surface area contributed by atoms with Gasteiger partial charge in [0.2, 0.25) is 0 Å². The lowest BCUT2D eigenvalue weighted by Gasteiger charge is -2.16. The van der Waals surface area contributed by atoms with E-state index in [0.717, 1.165) is 0 Å². The van der Waals surface area contributed by atoms with Gasteiger partial charge in [-0.2, -0.15) is 0 Å². The highest BCUT2D eigenvalue weighted by molar-refractivity contribution is 6.03. The first kappa shape index (κ1) is 15.8. The van der Waals surface area contributed by atoms with Crippen LogP contribution in [0.25, 0.3) is 0 Å². The van der Waals surface area contributed by atoms with Crippen molar-refractivity contribution in [3.05, 3.63) is 23.8 Å². The number of hydrogen-bond acceptors (Lipinski definition) is 5. The van der Waals surface area contributed by atoms with E-state index in [1.165, 1.54) is 0 Å². The molecule has 1 rings (SSSR count). The Bertz CT molecular complexity index is 488. The van der Waals surface area contributed by atoms with Crippen molar-refractivity contribution in [3.63, 3.8) is 0 Å². The fourth-order valence-electron chi connectivity index (χ4n) is 1.66. The molecule has 20 heavy (non-hydrogen) atoms. The van der Waals surface area contributed by atoms with Gasteiger partial charge >= 0.3 is 5.97 Å². The average molecular weight is 280 g/mol. The lowest BCUT2D eigenvalue weighted by Crippen LogP contribution is -2.40. The van der Waals surface area contributed by atoms with Crippen LogP contribution in [0.15, 0.2) is 18.2 Å². The van der Waals surface area contributed by atoms with E-state index >= 15 is 0 Å². The minimum Gasteiger partial charge on any atom is -0.493 e. The second kappa shape index (κ2) is 7.37. The highest BCUT2D eigenvalue weighted by Gasteiger charge is 2.21. The second-order valence-corrected chi connectivity index (χ2v) is 4.10. The van der Waals surface area contributed by atoms with Crippen LogP contribution in [-0.4, -0.2) is 31.1 Å². The predicted molar refractivity (Wildman–Crippen MR) is 75.6 cm³/mol. The molecular formula is C14H20N2O4. The first-order valence-corrected chi connectivity index (χ1v) is 6.50. The Morgan fingerprint density at radius 3 is 2.60 bits per heavy atom. The Kier molecular flexibility index (Phi) is 5.83. The monoisotopic (exact) mass is 280 g/mol. The van der Waals surface area contributed by atoms with Gasteiger partial charge in [0.05, 0.1) is 13.2 Å². The summed E-state index contributed by atoms with van der Waals surface area (Å²) in [5.41, 5.74) is 6.33. The quantitative estimate of drug-likeness (QED) is 0.606. The third kappa shape index (κ3) is 3.88. The summed E-state index contributed by atoms with van der Waals surface area (Å²) in [5, 5.41) is 2.55. The van der Waals surface area contributed by atoms with Crippen molar-refractivity contribution < 1.29 is 19.1 Å². The normalized spacial score (nSPS) is 11.6. The third-order valence-corrected chi connectivity index (χ3v) is 2.57. The van der Waals surface area contributed by atoms with Crippen LogP contribution in [0, 0.1) is 0 Å². The van der Waals surface area contributed by atoms with Crippen LogP contribution in [-0.2, 0) is 9.53 Å². The molecule has 0 fully saturated rings. The van der Waals surface area contributed by atoms with Gasteiger partial charge in [-0.3, -0.25) is 4.79 Å². The number of hydrogen-bond donors (Lipinski definition) is 2. The lowest BCUT2D eigenvalue weighted by molar-refractivity contribution is -0.144. The Morgan fingerprint density at radius 2 is 2.00 bits per heavy atom. The number of anilines is 1. The SMILES string of the molecule is CCOC(=O)C(C)NC(=O)c1c(N)cccc1OCC. The summed E-state index contributed by atoms with van der Waals surface area (Å²) in [5.74, 6) is -0.568. The van der Waals surface area contributed by atoms with Crippen LogP contribution in [0.2, 0.25) is 0 Å². The predicted octanol–water partition coefficient (Wildman–Crippen LogP) is 1.35. The first-order chi connectivity index (χ1) is 9.51. The largest absolute Gasteiger partial charge is 0.493 e. The van der Waals surface area contributed by atoms with Crippen molar-refractivity contribution in [3.8, 4) is 5.75 Å². The third-order valence-electron chi connectivity index (χ3n) is 2.57. The first-order valence-electron chi connectivity index (χ1n) is 6.50. The van der Waals surface area contributed by atoms with Gasteiger partial charge in [-0.25, -0.2) is 4.79 Å². The number of nitrogens with one attached hydrogen (secondary N) is 1. The number of rotatable bonds is 6. The molecule has 3 N–H and O–H groups in total. The minimum absolute atomic E-state index is 0.227. The molecule has 0 aromatic heterocycles. The van der Waals surface area contributed by atoms with Crippen molar-refractivity contribution in [2.24, 2.45) is 0 Å². The Hall–Kier alpha value is -2.24. The molecule has 0 saturated heterocycles. The van der Waals surface area contributed by atoms with E-state index in [2.05, 4.69) is 5.32 Å². The van der Waals surface area contributed by atoms with E-state index in [0.29, 0.717) is 18.0 Å². The van der Waals surface area contributed by atoms with E-state index < -0.39 is 17.9 Å². The number of ether oxygens (including phenoxy) is 2. The molecule has 1 aromatic carbocycles. The summed E-state index contributed by atoms with van der Waals surface area (Å²) in [6.07, 6.45) is 0. The van der Waals surface area contributed by atoms with Gasteiger partial charge in [0.1, 0.15) is 17.4 Å². The molecule has 1 aromatic rings. The number of esters is 1. The molecule has 0 bridgehead atoms. The van der Waals surface area contributed by atoms with Gasteiger partial charge in [-0.15, -0.1) is 0 Å². The fourth-order valence-corrected chi connectivity index (χ4v) is 1.66. The molecule has 0 spiro atoms. The second-order valence-electron chi connectivity index (χ2n) is 4.10. The van der Waals surface area contributed by atoms with Crippen LogP contribution in [0.3, 0.4) is 0 Å². The Labute approximate surface area is 118 Å². The van der Waals surface area contributed by atoms with E-state index in [1.54, 1.807) is 32.0 Å². The van der Waals surface area contributed by atoms with Crippen molar-refractivity contribution in [1.29, 1.82) is 0 Å². The van der Waals surface area contributed by atoms with E-state index in [1.807, 2.05) is 6.92 Å². The van der Waals surface area contributed by atoms with Crippen molar-refractivity contribution >= 4 is 17.6 Å². The average Bonchev–Trinajstić information content (AvgIpc) is 2.39. The molecule has 0 aliphatic heterocycles. The number of benzene rings is 1. The summed E-state index contributed by atoms with van der Waals surface area (Å²) in [6.45, 7) is 5.74. The maximum atomic E-state index is 12.2. The Morgan fingerprint density at radius 1 is 1.30 bits per heavy atom. The van der Waals surface area contributed by atoms with E-state index in [4.69, 9.17) is 15.2 Å². The molecule has 1 unspecified atom stereocenters. The highest BCUT2D eigenvalue weighted by Crippen LogP contribution is 2.24. The van der Waals surface area contributed by atoms with Crippen molar-refractivity contribution in [2.75, 3.05) is 18.9 Å². The van der Waals surface area contributed by atoms with Crippen molar-refractivity contribution in [2.45, 2.75) is 26.8 Å². The molecule has 0 heterocycles. The van der Waals surface area contributed by atoms with Gasteiger partial charge < -0.3 is 20.5 Å². The number of carbonyl (C=O) groups excluding carboxylic acids is 2. The van der Waals surface area contributed by atoms with Crippen LogP contribution in [0.1, 0.15) is 31.1 Å². The zero-order valence-corrected chi connectivity index (χ0v) is 11.9. The fraction of sp³-hybridized carbons (Fsp3) is 0.429. The lowest BCUT2D eigenvalue weighted by atomic mass is 10.1. The Balaban J connectivity index is 2.89. The molecule has 6 heteroatoms. The van der Waals surface area contributed by atoms with Gasteiger partial charge in [0.25, 0.3) is 5.91 Å². The number of nitrogens with two attached hydrogens (primary N) is 1. The molecule has 1 atom stereocenters. The molecule has 0 aliphatic rings. The van der Waals surface area contributed by atoms with Crippen LogP contribution >= 0.6 is 0 Å². The van der Waals surface area contributed by atoms with Gasteiger partial charge in [-0.05, 0) is 32.9 Å². The van der Waals surface area contributed by atoms with E-state index in [9.17, 15) is 9.59 Å². The van der Waals surface area contributed by atoms with Gasteiger partial charge in [0.15, 0.2) is 0 Å². The molecule has 0 aliphatic carbocycles. The van der Waals surface area contributed by atoms with Crippen LogP contribution in [0.5, 0.6) is 5.75 Å². The van der Waals surface area contributed by atoms with Crippen LogP contribution in [0.4, 0.5) is 5.69 Å². The molecule has 1 amide bonds. The minimum atomic E-state index is -0.753. The molecule has 6 nitrogen and oxygen atoms in total. The maximum Gasteiger partial charge on any atom is 0.328 e. The zero-order valence-electron chi connectivity index (χ0n) is 11.9. The topological polar surface area (TPSA) is 90.7 Å². The smallest absolute Gasteiger partial charge is 0.328 e. The molecule has 0 radical (unpaired) electrons. The van der Waals surface area contributed by atoms with Crippen LogP contribution < -0.4 is 15.8 Å². The van der Waals surface area contributed by atoms with E-state index in [-0.39, 0.29) is 12.2 Å². The summed E-state index contributed by atoms with van der Waals surface area (Å²) in [4.78, 5) is 23.7. The summed E-state index contributed by atoms with van der Waals surface area (Å²) in [7, 11) is 0. The number of carbonyl (C=O) groups is 2.